The van der Waals surface area contributed by atoms with Crippen molar-refractivity contribution in [2.24, 2.45) is 4.99 Å². The Morgan fingerprint density at radius 2 is 2.14 bits per heavy atom. The molecule has 0 aromatic heterocycles. The Kier molecular flexibility index (Phi) is 9.31. The smallest absolute Gasteiger partial charge is 0.101 e. The Morgan fingerprint density at radius 1 is 1.43 bits per heavy atom. The van der Waals surface area contributed by atoms with Gasteiger partial charge in [0.2, 0.25) is 0 Å². The molecule has 0 aliphatic heterocycles. The van der Waals surface area contributed by atoms with Gasteiger partial charge in [0, 0.05) is 19.2 Å². The van der Waals surface area contributed by atoms with Gasteiger partial charge in [-0.3, -0.25) is 4.99 Å². The van der Waals surface area contributed by atoms with Crippen LogP contribution in [0.2, 0.25) is 0 Å². The summed E-state index contributed by atoms with van der Waals surface area (Å²) in [5.74, 6) is 0. The average Bonchev–Trinajstić information content (AvgIpc) is 2.21. The molecule has 0 aliphatic carbocycles. The van der Waals surface area contributed by atoms with Crippen LogP contribution in [0.4, 0.5) is 0 Å². The minimum absolute atomic E-state index is 0.756. The van der Waals surface area contributed by atoms with Crippen LogP contribution in [-0.2, 0) is 4.74 Å². The molecule has 0 saturated carbocycles. The van der Waals surface area contributed by atoms with Crippen molar-refractivity contribution in [1.82, 2.24) is 0 Å². The van der Waals surface area contributed by atoms with Gasteiger partial charge in [0.15, 0.2) is 0 Å². The highest BCUT2D eigenvalue weighted by Gasteiger charge is 1.99. The van der Waals surface area contributed by atoms with Crippen molar-refractivity contribution in [3.63, 3.8) is 0 Å². The molecule has 0 spiro atoms. The van der Waals surface area contributed by atoms with E-state index in [4.69, 9.17) is 4.74 Å². The molecule has 0 N–H and O–H groups in total. The zero-order valence-corrected chi connectivity index (χ0v) is 10.9. The van der Waals surface area contributed by atoms with Crippen LogP contribution in [-0.4, -0.2) is 19.4 Å². The number of allylic oxidation sites excluding steroid dienone is 1. The lowest BCUT2D eigenvalue weighted by molar-refractivity contribution is 0.207. The fourth-order valence-electron chi connectivity index (χ4n) is 1.05. The van der Waals surface area contributed by atoms with E-state index in [2.05, 4.69) is 27.8 Å². The monoisotopic (exact) mass is 261 g/mol. The lowest BCUT2D eigenvalue weighted by Crippen LogP contribution is -2.03. The minimum atomic E-state index is 0.756. The number of methoxy groups -OCH3 is 1. The van der Waals surface area contributed by atoms with Crippen molar-refractivity contribution in [2.75, 3.05) is 13.7 Å². The largest absolute Gasteiger partial charge is 0.384 e. The molecular formula is C11H20BrNO. The molecule has 0 rings (SSSR count). The third kappa shape index (κ3) is 7.27. The van der Waals surface area contributed by atoms with E-state index in [0.29, 0.717) is 0 Å². The van der Waals surface area contributed by atoms with Gasteiger partial charge in [-0.15, -0.1) is 0 Å². The first kappa shape index (κ1) is 13.8. The van der Waals surface area contributed by atoms with Crippen molar-refractivity contribution >= 4 is 21.6 Å². The molecule has 0 unspecified atom stereocenters. The van der Waals surface area contributed by atoms with E-state index < -0.39 is 0 Å². The molecule has 0 fully saturated rings. The fourth-order valence-corrected chi connectivity index (χ4v) is 1.30. The number of hydrogen-bond donors (Lipinski definition) is 0. The van der Waals surface area contributed by atoms with Crippen LogP contribution in [0.25, 0.3) is 0 Å². The standard InChI is InChI=1S/C11H20BrNO/c1-4-6-7-10(8-9-14-3)13-11(12)5-2/h5H,4,6-9H2,1-3H3/b11-5-,13-10?. The highest BCUT2D eigenvalue weighted by molar-refractivity contribution is 9.11. The first-order valence-corrected chi connectivity index (χ1v) is 5.91. The Balaban J connectivity index is 4.15. The second kappa shape index (κ2) is 9.41. The maximum absolute atomic E-state index is 5.05. The van der Waals surface area contributed by atoms with Gasteiger partial charge in [-0.25, -0.2) is 0 Å². The second-order valence-corrected chi connectivity index (χ2v) is 3.95. The lowest BCUT2D eigenvalue weighted by atomic mass is 10.1. The van der Waals surface area contributed by atoms with Gasteiger partial charge < -0.3 is 4.74 Å². The van der Waals surface area contributed by atoms with E-state index in [1.165, 1.54) is 18.6 Å². The maximum atomic E-state index is 5.05. The number of unbranched alkanes of at least 4 members (excludes halogenated alkanes) is 1. The summed E-state index contributed by atoms with van der Waals surface area (Å²) in [4.78, 5) is 4.48. The van der Waals surface area contributed by atoms with Crippen molar-refractivity contribution in [3.8, 4) is 0 Å². The van der Waals surface area contributed by atoms with Crippen LogP contribution >= 0.6 is 15.9 Å². The summed E-state index contributed by atoms with van der Waals surface area (Å²) < 4.78 is 5.97. The molecule has 0 aromatic rings. The second-order valence-electron chi connectivity index (χ2n) is 3.14. The molecule has 0 aromatic carbocycles. The topological polar surface area (TPSA) is 21.6 Å². The number of halogens is 1. The molecule has 0 saturated heterocycles. The summed E-state index contributed by atoms with van der Waals surface area (Å²) in [6.07, 6.45) is 6.37. The molecule has 2 nitrogen and oxygen atoms in total. The summed E-state index contributed by atoms with van der Waals surface area (Å²) in [5, 5.41) is 0. The van der Waals surface area contributed by atoms with Gasteiger partial charge in [0.1, 0.15) is 4.61 Å². The highest BCUT2D eigenvalue weighted by atomic mass is 79.9. The van der Waals surface area contributed by atoms with E-state index in [-0.39, 0.29) is 0 Å². The van der Waals surface area contributed by atoms with Crippen LogP contribution in [0, 0.1) is 0 Å². The number of hydrogen-bond acceptors (Lipinski definition) is 2. The van der Waals surface area contributed by atoms with E-state index in [0.717, 1.165) is 24.1 Å². The fraction of sp³-hybridized carbons (Fsp3) is 0.727. The van der Waals surface area contributed by atoms with E-state index >= 15 is 0 Å². The highest BCUT2D eigenvalue weighted by Crippen LogP contribution is 2.10. The van der Waals surface area contributed by atoms with Crippen molar-refractivity contribution in [2.45, 2.75) is 39.5 Å². The quantitative estimate of drug-likeness (QED) is 0.503. The van der Waals surface area contributed by atoms with E-state index in [9.17, 15) is 0 Å². The van der Waals surface area contributed by atoms with Crippen LogP contribution in [0.1, 0.15) is 39.5 Å². The van der Waals surface area contributed by atoms with Crippen LogP contribution in [0.15, 0.2) is 15.7 Å². The maximum Gasteiger partial charge on any atom is 0.101 e. The number of rotatable bonds is 7. The van der Waals surface area contributed by atoms with Gasteiger partial charge in [0.25, 0.3) is 0 Å². The number of nitrogens with zero attached hydrogens (tertiary/aromatic N) is 1. The summed E-state index contributed by atoms with van der Waals surface area (Å²) in [7, 11) is 1.72. The SMILES string of the molecule is C/C=C(/Br)N=C(CCCC)CCOC. The molecule has 0 heterocycles. The molecular weight excluding hydrogens is 242 g/mol. The normalized spacial score (nSPS) is 13.4. The number of ether oxygens (including phenoxy) is 1. The molecule has 0 aliphatic rings. The van der Waals surface area contributed by atoms with Crippen molar-refractivity contribution < 1.29 is 4.74 Å². The van der Waals surface area contributed by atoms with E-state index in [1.54, 1.807) is 7.11 Å². The Morgan fingerprint density at radius 3 is 2.64 bits per heavy atom. The molecule has 82 valence electrons. The molecule has 0 amide bonds. The Hall–Kier alpha value is -0.150. The van der Waals surface area contributed by atoms with Crippen molar-refractivity contribution in [1.29, 1.82) is 0 Å². The molecule has 3 heteroatoms. The van der Waals surface area contributed by atoms with Gasteiger partial charge in [0.05, 0.1) is 6.61 Å². The zero-order chi connectivity index (χ0) is 10.8. The van der Waals surface area contributed by atoms with Crippen LogP contribution < -0.4 is 0 Å². The van der Waals surface area contributed by atoms with Crippen molar-refractivity contribution in [3.05, 3.63) is 10.7 Å². The first-order chi connectivity index (χ1) is 6.74. The van der Waals surface area contributed by atoms with Gasteiger partial charge in [-0.2, -0.15) is 0 Å². The molecule has 0 atom stereocenters. The van der Waals surface area contributed by atoms with Gasteiger partial charge >= 0.3 is 0 Å². The third-order valence-electron chi connectivity index (χ3n) is 1.92. The third-order valence-corrected chi connectivity index (χ3v) is 2.55. The average molecular weight is 262 g/mol. The minimum Gasteiger partial charge on any atom is -0.384 e. The Bertz CT molecular complexity index is 189. The van der Waals surface area contributed by atoms with E-state index in [1.807, 2.05) is 13.0 Å². The molecule has 0 bridgehead atoms. The van der Waals surface area contributed by atoms with Gasteiger partial charge in [-0.1, -0.05) is 19.4 Å². The summed E-state index contributed by atoms with van der Waals surface area (Å²) in [6.45, 7) is 4.92. The summed E-state index contributed by atoms with van der Waals surface area (Å²) in [5.41, 5.74) is 1.22. The predicted molar refractivity (Wildman–Crippen MR) is 66.1 cm³/mol. The van der Waals surface area contributed by atoms with Crippen LogP contribution in [0.3, 0.4) is 0 Å². The summed E-state index contributed by atoms with van der Waals surface area (Å²) in [6, 6.07) is 0. The van der Waals surface area contributed by atoms with Crippen LogP contribution in [0.5, 0.6) is 0 Å². The van der Waals surface area contributed by atoms with Gasteiger partial charge in [-0.05, 0) is 35.7 Å². The molecule has 0 radical (unpaired) electrons. The predicted octanol–water partition coefficient (Wildman–Crippen LogP) is 3.91. The Labute approximate surface area is 95.6 Å². The first-order valence-electron chi connectivity index (χ1n) is 5.11. The summed E-state index contributed by atoms with van der Waals surface area (Å²) >= 11 is 3.39. The zero-order valence-electron chi connectivity index (χ0n) is 9.35. The molecule has 14 heavy (non-hydrogen) atoms. The lowest BCUT2D eigenvalue weighted by Gasteiger charge is -2.04. The number of aliphatic imine (C=N–C) groups is 1.